The number of carbonyl (C=O) groups excluding carboxylic acids is 1. The fourth-order valence-corrected chi connectivity index (χ4v) is 2.34. The van der Waals surface area contributed by atoms with Crippen molar-refractivity contribution in [2.45, 2.75) is 12.8 Å². The van der Waals surface area contributed by atoms with Crippen LogP contribution in [0.5, 0.6) is 0 Å². The Balaban J connectivity index is 1.52. The van der Waals surface area contributed by atoms with E-state index >= 15 is 0 Å². The van der Waals surface area contributed by atoms with Gasteiger partial charge in [0.05, 0.1) is 6.26 Å². The normalized spacial score (nSPS) is 15.6. The van der Waals surface area contributed by atoms with Crippen molar-refractivity contribution >= 4 is 5.91 Å². The highest BCUT2D eigenvalue weighted by atomic mass is 16.5. The topological polar surface area (TPSA) is 71.5 Å². The van der Waals surface area contributed by atoms with Gasteiger partial charge >= 0.3 is 0 Å². The van der Waals surface area contributed by atoms with E-state index in [9.17, 15) is 4.79 Å². The second-order valence-corrected chi connectivity index (χ2v) is 4.86. The Hall–Kier alpha value is -2.08. The second-order valence-electron chi connectivity index (χ2n) is 4.86. The molecule has 1 fully saturated rings. The minimum Gasteiger partial charge on any atom is -0.461 e. The molecule has 2 aromatic rings. The number of hydrogen-bond acceptors (Lipinski definition) is 5. The number of rotatable bonds is 5. The van der Waals surface area contributed by atoms with Gasteiger partial charge in [-0.1, -0.05) is 5.16 Å². The minimum atomic E-state index is -0.217. The first kappa shape index (κ1) is 12.9. The Morgan fingerprint density at radius 3 is 2.95 bits per heavy atom. The third kappa shape index (κ3) is 2.91. The molecule has 0 bridgehead atoms. The lowest BCUT2D eigenvalue weighted by Gasteiger charge is -2.14. The summed E-state index contributed by atoms with van der Waals surface area (Å²) in [5.41, 5.74) is 0.276. The van der Waals surface area contributed by atoms with E-state index in [0.29, 0.717) is 18.1 Å². The van der Waals surface area contributed by atoms with Crippen molar-refractivity contribution in [3.8, 4) is 11.5 Å². The van der Waals surface area contributed by atoms with Gasteiger partial charge in [0, 0.05) is 19.2 Å². The maximum Gasteiger partial charge on any atom is 0.273 e. The van der Waals surface area contributed by atoms with Gasteiger partial charge in [0.25, 0.3) is 5.91 Å². The molecule has 0 saturated carbocycles. The monoisotopic (exact) mass is 275 g/mol. The molecule has 1 amide bonds. The third-order valence-corrected chi connectivity index (χ3v) is 3.42. The Kier molecular flexibility index (Phi) is 3.83. The summed E-state index contributed by atoms with van der Waals surface area (Å²) in [6.07, 6.45) is 4.06. The van der Waals surface area contributed by atoms with Gasteiger partial charge in [0.15, 0.2) is 11.5 Å². The quantitative estimate of drug-likeness (QED) is 0.900. The van der Waals surface area contributed by atoms with E-state index < -0.39 is 0 Å². The molecule has 2 aromatic heterocycles. The molecule has 6 heteroatoms. The van der Waals surface area contributed by atoms with Gasteiger partial charge in [-0.15, -0.1) is 0 Å². The molecule has 3 heterocycles. The third-order valence-electron chi connectivity index (χ3n) is 3.42. The number of hydrogen-bond donors (Lipinski definition) is 1. The zero-order valence-electron chi connectivity index (χ0n) is 11.2. The summed E-state index contributed by atoms with van der Waals surface area (Å²) in [4.78, 5) is 14.3. The highest BCUT2D eigenvalue weighted by molar-refractivity contribution is 5.92. The highest BCUT2D eigenvalue weighted by Crippen LogP contribution is 2.20. The van der Waals surface area contributed by atoms with E-state index in [1.54, 1.807) is 24.5 Å². The predicted octanol–water partition coefficient (Wildman–Crippen LogP) is 1.76. The molecule has 6 nitrogen and oxygen atoms in total. The SMILES string of the molecule is O=C(NCCN1CCCC1)c1cc(-c2ccco2)on1. The number of aromatic nitrogens is 1. The van der Waals surface area contributed by atoms with E-state index in [2.05, 4.69) is 15.4 Å². The van der Waals surface area contributed by atoms with Crippen LogP contribution in [0.3, 0.4) is 0 Å². The average Bonchev–Trinajstić information content (AvgIpc) is 3.20. The zero-order valence-corrected chi connectivity index (χ0v) is 11.2. The first-order valence-corrected chi connectivity index (χ1v) is 6.84. The van der Waals surface area contributed by atoms with Crippen LogP contribution in [0.1, 0.15) is 23.3 Å². The van der Waals surface area contributed by atoms with Gasteiger partial charge in [0.1, 0.15) is 0 Å². The van der Waals surface area contributed by atoms with Crippen molar-refractivity contribution in [2.24, 2.45) is 0 Å². The van der Waals surface area contributed by atoms with Gasteiger partial charge < -0.3 is 19.2 Å². The summed E-state index contributed by atoms with van der Waals surface area (Å²) in [6, 6.07) is 5.10. The Labute approximate surface area is 116 Å². The molecule has 0 aliphatic carbocycles. The number of nitrogens with zero attached hydrogens (tertiary/aromatic N) is 2. The van der Waals surface area contributed by atoms with E-state index in [1.165, 1.54) is 12.8 Å². The summed E-state index contributed by atoms with van der Waals surface area (Å²) in [5, 5.41) is 6.61. The largest absolute Gasteiger partial charge is 0.461 e. The van der Waals surface area contributed by atoms with Crippen LogP contribution < -0.4 is 5.32 Å². The van der Waals surface area contributed by atoms with Crippen molar-refractivity contribution in [1.82, 2.24) is 15.4 Å². The average molecular weight is 275 g/mol. The molecule has 0 unspecified atom stereocenters. The molecule has 0 radical (unpaired) electrons. The first-order chi connectivity index (χ1) is 9.83. The van der Waals surface area contributed by atoms with E-state index in [-0.39, 0.29) is 11.6 Å². The molecule has 1 aliphatic rings. The standard InChI is InChI=1S/C14H17N3O3/c18-14(15-5-8-17-6-1-2-7-17)11-10-13(20-16-11)12-4-3-9-19-12/h3-4,9-10H,1-2,5-8H2,(H,15,18). The van der Waals surface area contributed by atoms with Crippen molar-refractivity contribution in [1.29, 1.82) is 0 Å². The molecule has 1 aliphatic heterocycles. The fraction of sp³-hybridized carbons (Fsp3) is 0.429. The molecule has 0 atom stereocenters. The molecule has 3 rings (SSSR count). The summed E-state index contributed by atoms with van der Waals surface area (Å²) in [5.74, 6) is 0.805. The Morgan fingerprint density at radius 2 is 2.20 bits per heavy atom. The lowest BCUT2D eigenvalue weighted by Crippen LogP contribution is -2.33. The molecule has 1 N–H and O–H groups in total. The molecular formula is C14H17N3O3. The smallest absolute Gasteiger partial charge is 0.273 e. The fourth-order valence-electron chi connectivity index (χ4n) is 2.34. The lowest BCUT2D eigenvalue weighted by atomic mass is 10.3. The molecule has 1 saturated heterocycles. The van der Waals surface area contributed by atoms with E-state index in [1.807, 2.05) is 0 Å². The molecule has 0 spiro atoms. The van der Waals surface area contributed by atoms with Gasteiger partial charge in [-0.2, -0.15) is 0 Å². The van der Waals surface area contributed by atoms with Crippen LogP contribution >= 0.6 is 0 Å². The van der Waals surface area contributed by atoms with Crippen LogP contribution in [0, 0.1) is 0 Å². The molecule has 106 valence electrons. The lowest BCUT2D eigenvalue weighted by molar-refractivity contribution is 0.0941. The van der Waals surface area contributed by atoms with Crippen LogP contribution in [0.15, 0.2) is 33.4 Å². The second kappa shape index (κ2) is 5.92. The number of amides is 1. The van der Waals surface area contributed by atoms with E-state index in [4.69, 9.17) is 8.94 Å². The van der Waals surface area contributed by atoms with Crippen LogP contribution in [0.2, 0.25) is 0 Å². The predicted molar refractivity (Wildman–Crippen MR) is 72.2 cm³/mol. The highest BCUT2D eigenvalue weighted by Gasteiger charge is 2.16. The van der Waals surface area contributed by atoms with Crippen molar-refractivity contribution < 1.29 is 13.7 Å². The number of likely N-dealkylation sites (tertiary alicyclic amines) is 1. The molecule has 0 aromatic carbocycles. The van der Waals surface area contributed by atoms with Gasteiger partial charge in [-0.3, -0.25) is 4.79 Å². The number of furan rings is 1. The summed E-state index contributed by atoms with van der Waals surface area (Å²) < 4.78 is 10.3. The van der Waals surface area contributed by atoms with Gasteiger partial charge in [0.2, 0.25) is 5.76 Å². The number of carbonyl (C=O) groups is 1. The minimum absolute atomic E-state index is 0.217. The zero-order chi connectivity index (χ0) is 13.8. The summed E-state index contributed by atoms with van der Waals surface area (Å²) in [7, 11) is 0. The Bertz CT molecular complexity index is 556. The van der Waals surface area contributed by atoms with Crippen molar-refractivity contribution in [3.63, 3.8) is 0 Å². The summed E-state index contributed by atoms with van der Waals surface area (Å²) >= 11 is 0. The van der Waals surface area contributed by atoms with Crippen LogP contribution in [0.4, 0.5) is 0 Å². The summed E-state index contributed by atoms with van der Waals surface area (Å²) in [6.45, 7) is 3.77. The van der Waals surface area contributed by atoms with Gasteiger partial charge in [-0.25, -0.2) is 0 Å². The van der Waals surface area contributed by atoms with Crippen LogP contribution in [-0.2, 0) is 0 Å². The van der Waals surface area contributed by atoms with Crippen molar-refractivity contribution in [3.05, 3.63) is 30.2 Å². The Morgan fingerprint density at radius 1 is 1.35 bits per heavy atom. The maximum absolute atomic E-state index is 11.9. The first-order valence-electron chi connectivity index (χ1n) is 6.84. The van der Waals surface area contributed by atoms with Crippen LogP contribution in [-0.4, -0.2) is 42.1 Å². The van der Waals surface area contributed by atoms with Gasteiger partial charge in [-0.05, 0) is 38.1 Å². The maximum atomic E-state index is 11.9. The van der Waals surface area contributed by atoms with E-state index in [0.717, 1.165) is 19.6 Å². The molecular weight excluding hydrogens is 258 g/mol. The molecule has 20 heavy (non-hydrogen) atoms. The number of nitrogens with one attached hydrogen (secondary N) is 1. The van der Waals surface area contributed by atoms with Crippen LogP contribution in [0.25, 0.3) is 11.5 Å². The van der Waals surface area contributed by atoms with Crippen molar-refractivity contribution in [2.75, 3.05) is 26.2 Å².